The molecule has 3 rings (SSSR count). The third-order valence-corrected chi connectivity index (χ3v) is 4.87. The first-order chi connectivity index (χ1) is 12.9. The molecule has 1 aliphatic rings. The number of nitrogens with one attached hydrogen (secondary N) is 1. The van der Waals surface area contributed by atoms with Crippen LogP contribution in [0, 0.1) is 18.3 Å². The van der Waals surface area contributed by atoms with E-state index >= 15 is 0 Å². The first-order valence-corrected chi connectivity index (χ1v) is 9.10. The van der Waals surface area contributed by atoms with Gasteiger partial charge >= 0.3 is 0 Å². The average molecular weight is 374 g/mol. The quantitative estimate of drug-likeness (QED) is 0.787. The molecule has 3 heterocycles. The molecule has 144 valence electrons. The van der Waals surface area contributed by atoms with E-state index in [1.54, 1.807) is 0 Å². The highest BCUT2D eigenvalue weighted by atomic mass is 19.3. The molecule has 6 nitrogen and oxygen atoms in total. The summed E-state index contributed by atoms with van der Waals surface area (Å²) in [5, 5.41) is 16.2. The van der Waals surface area contributed by atoms with Gasteiger partial charge in [-0.1, -0.05) is 0 Å². The van der Waals surface area contributed by atoms with E-state index in [0.717, 1.165) is 29.2 Å². The summed E-state index contributed by atoms with van der Waals surface area (Å²) in [7, 11) is 1.91. The van der Waals surface area contributed by atoms with Gasteiger partial charge in [0.15, 0.2) is 0 Å². The number of alkyl halides is 2. The van der Waals surface area contributed by atoms with Gasteiger partial charge in [0.05, 0.1) is 11.8 Å². The van der Waals surface area contributed by atoms with E-state index in [1.807, 2.05) is 47.8 Å². The molecule has 2 aromatic rings. The van der Waals surface area contributed by atoms with Crippen molar-refractivity contribution in [2.24, 2.45) is 7.05 Å². The van der Waals surface area contributed by atoms with Crippen molar-refractivity contribution in [2.45, 2.75) is 38.5 Å². The number of hydrogen-bond donors (Lipinski definition) is 1. The number of aromatic nitrogens is 3. The number of rotatable bonds is 6. The number of pyridine rings is 1. The molecule has 2 aromatic heterocycles. The Bertz CT molecular complexity index is 810. The molecule has 1 fully saturated rings. The zero-order valence-corrected chi connectivity index (χ0v) is 15.7. The van der Waals surface area contributed by atoms with Gasteiger partial charge in [0, 0.05) is 56.1 Å². The van der Waals surface area contributed by atoms with Crippen LogP contribution in [0.15, 0.2) is 18.2 Å². The fourth-order valence-electron chi connectivity index (χ4n) is 3.21. The predicted octanol–water partition coefficient (Wildman–Crippen LogP) is 3.08. The number of nitriles is 1. The molecular weight excluding hydrogens is 350 g/mol. The number of nitrogens with zero attached hydrogens (tertiary/aromatic N) is 5. The molecule has 0 aromatic carbocycles. The lowest BCUT2D eigenvalue weighted by Crippen LogP contribution is -2.39. The van der Waals surface area contributed by atoms with Crippen molar-refractivity contribution in [2.75, 3.05) is 29.9 Å². The van der Waals surface area contributed by atoms with Crippen LogP contribution in [0.25, 0.3) is 0 Å². The SMILES string of the molecule is Cc1cc(CCc2cc(N3CCC(F)(F)CC3)cc(NCC#N)n2)nn1C. The van der Waals surface area contributed by atoms with Gasteiger partial charge in [0.1, 0.15) is 12.4 Å². The van der Waals surface area contributed by atoms with Crippen molar-refractivity contribution >= 4 is 11.5 Å². The Morgan fingerprint density at radius 2 is 1.89 bits per heavy atom. The van der Waals surface area contributed by atoms with Crippen molar-refractivity contribution in [1.82, 2.24) is 14.8 Å². The van der Waals surface area contributed by atoms with Crippen molar-refractivity contribution in [3.8, 4) is 6.07 Å². The molecule has 1 saturated heterocycles. The zero-order valence-electron chi connectivity index (χ0n) is 15.7. The largest absolute Gasteiger partial charge is 0.371 e. The number of piperidine rings is 1. The monoisotopic (exact) mass is 374 g/mol. The maximum atomic E-state index is 13.5. The fourth-order valence-corrected chi connectivity index (χ4v) is 3.21. The summed E-state index contributed by atoms with van der Waals surface area (Å²) in [6, 6.07) is 7.87. The fraction of sp³-hybridized carbons (Fsp3) is 0.526. The Labute approximate surface area is 157 Å². The molecule has 0 radical (unpaired) electrons. The smallest absolute Gasteiger partial charge is 0.251 e. The molecule has 0 bridgehead atoms. The summed E-state index contributed by atoms with van der Waals surface area (Å²) < 4.78 is 28.8. The number of halogens is 2. The van der Waals surface area contributed by atoms with Crippen molar-refractivity contribution < 1.29 is 8.78 Å². The molecule has 0 spiro atoms. The Morgan fingerprint density at radius 1 is 1.19 bits per heavy atom. The van der Waals surface area contributed by atoms with E-state index in [9.17, 15) is 8.78 Å². The van der Waals surface area contributed by atoms with E-state index < -0.39 is 5.92 Å². The van der Waals surface area contributed by atoms with Gasteiger partial charge in [-0.25, -0.2) is 13.8 Å². The van der Waals surface area contributed by atoms with Crippen LogP contribution in [0.4, 0.5) is 20.3 Å². The summed E-state index contributed by atoms with van der Waals surface area (Å²) in [5.41, 5.74) is 3.81. The summed E-state index contributed by atoms with van der Waals surface area (Å²) in [5.74, 6) is -1.98. The van der Waals surface area contributed by atoms with Crippen LogP contribution in [-0.4, -0.2) is 40.3 Å². The summed E-state index contributed by atoms with van der Waals surface area (Å²) in [6.45, 7) is 2.78. The zero-order chi connectivity index (χ0) is 19.4. The third-order valence-electron chi connectivity index (χ3n) is 4.87. The second-order valence-corrected chi connectivity index (χ2v) is 6.96. The molecular formula is C19H24F2N6. The minimum atomic E-state index is -2.58. The number of hydrogen-bond acceptors (Lipinski definition) is 5. The van der Waals surface area contributed by atoms with Gasteiger partial charge in [-0.15, -0.1) is 0 Å². The lowest BCUT2D eigenvalue weighted by Gasteiger charge is -2.33. The second kappa shape index (κ2) is 7.91. The Hall–Kier alpha value is -2.69. The predicted molar refractivity (Wildman–Crippen MR) is 100 cm³/mol. The minimum Gasteiger partial charge on any atom is -0.371 e. The van der Waals surface area contributed by atoms with E-state index in [1.165, 1.54) is 0 Å². The Morgan fingerprint density at radius 3 is 2.52 bits per heavy atom. The molecule has 1 aliphatic heterocycles. The topological polar surface area (TPSA) is 69.8 Å². The second-order valence-electron chi connectivity index (χ2n) is 6.96. The van der Waals surface area contributed by atoms with Crippen molar-refractivity contribution in [3.63, 3.8) is 0 Å². The van der Waals surface area contributed by atoms with Crippen molar-refractivity contribution in [3.05, 3.63) is 35.3 Å². The van der Waals surface area contributed by atoms with E-state index in [-0.39, 0.29) is 19.4 Å². The molecule has 0 unspecified atom stereocenters. The molecule has 1 N–H and O–H groups in total. The highest BCUT2D eigenvalue weighted by molar-refractivity contribution is 5.56. The normalized spacial score (nSPS) is 16.2. The number of aryl methyl sites for hydroxylation is 4. The van der Waals surface area contributed by atoms with Crippen LogP contribution in [0.1, 0.15) is 29.9 Å². The summed E-state index contributed by atoms with van der Waals surface area (Å²) in [4.78, 5) is 6.53. The van der Waals surface area contributed by atoms with Crippen LogP contribution in [0.2, 0.25) is 0 Å². The van der Waals surface area contributed by atoms with Crippen LogP contribution in [0.5, 0.6) is 0 Å². The maximum Gasteiger partial charge on any atom is 0.251 e. The van der Waals surface area contributed by atoms with E-state index in [2.05, 4.69) is 15.4 Å². The van der Waals surface area contributed by atoms with Crippen LogP contribution < -0.4 is 10.2 Å². The highest BCUT2D eigenvalue weighted by Crippen LogP contribution is 2.31. The molecule has 0 amide bonds. The summed E-state index contributed by atoms with van der Waals surface area (Å²) >= 11 is 0. The van der Waals surface area contributed by atoms with E-state index in [4.69, 9.17) is 5.26 Å². The van der Waals surface area contributed by atoms with Crippen LogP contribution >= 0.6 is 0 Å². The Balaban J connectivity index is 1.76. The van der Waals surface area contributed by atoms with Gasteiger partial charge in [-0.05, 0) is 31.9 Å². The van der Waals surface area contributed by atoms with Crippen LogP contribution in [-0.2, 0) is 19.9 Å². The molecule has 0 atom stereocenters. The number of anilines is 2. The van der Waals surface area contributed by atoms with Gasteiger partial charge < -0.3 is 10.2 Å². The first-order valence-electron chi connectivity index (χ1n) is 9.10. The van der Waals surface area contributed by atoms with Gasteiger partial charge in [-0.2, -0.15) is 10.4 Å². The van der Waals surface area contributed by atoms with Crippen molar-refractivity contribution in [1.29, 1.82) is 5.26 Å². The van der Waals surface area contributed by atoms with Gasteiger partial charge in [-0.3, -0.25) is 4.68 Å². The first kappa shape index (κ1) is 19.1. The standard InChI is InChI=1S/C19H24F2N6/c1-14-11-16(25-26(14)2)4-3-15-12-17(13-18(24-15)23-8-7-22)27-9-5-19(20,21)6-10-27/h11-13H,3-6,8-10H2,1-2H3,(H,23,24). The highest BCUT2D eigenvalue weighted by Gasteiger charge is 2.34. The average Bonchev–Trinajstić information content (AvgIpc) is 2.96. The molecule has 27 heavy (non-hydrogen) atoms. The van der Waals surface area contributed by atoms with Crippen LogP contribution in [0.3, 0.4) is 0 Å². The lowest BCUT2D eigenvalue weighted by molar-refractivity contribution is -0.0220. The lowest BCUT2D eigenvalue weighted by atomic mass is 10.1. The maximum absolute atomic E-state index is 13.5. The molecule has 0 saturated carbocycles. The van der Waals surface area contributed by atoms with Gasteiger partial charge in [0.2, 0.25) is 0 Å². The third kappa shape index (κ3) is 4.94. The summed E-state index contributed by atoms with van der Waals surface area (Å²) in [6.07, 6.45) is 1.15. The Kier molecular flexibility index (Phi) is 5.59. The molecule has 0 aliphatic carbocycles. The van der Waals surface area contributed by atoms with E-state index in [0.29, 0.717) is 25.3 Å². The molecule has 8 heteroatoms. The van der Waals surface area contributed by atoms with Gasteiger partial charge in [0.25, 0.3) is 5.92 Å². The minimum absolute atomic E-state index is 0.140.